The summed E-state index contributed by atoms with van der Waals surface area (Å²) >= 11 is 1.43. The van der Waals surface area contributed by atoms with Crippen LogP contribution in [0.4, 0.5) is 14.6 Å². The largest absolute Gasteiger partial charge is 0.349 e. The number of thioether (sulfide) groups is 1. The molecule has 1 fully saturated rings. The minimum absolute atomic E-state index is 0.0693. The molecular weight excluding hydrogens is 470 g/mol. The van der Waals surface area contributed by atoms with Crippen LogP contribution in [-0.4, -0.2) is 45.6 Å². The van der Waals surface area contributed by atoms with Crippen molar-refractivity contribution in [3.8, 4) is 0 Å². The number of aromatic nitrogens is 2. The lowest BCUT2D eigenvalue weighted by atomic mass is 9.95. The van der Waals surface area contributed by atoms with Gasteiger partial charge in [-0.2, -0.15) is 16.9 Å². The molecule has 2 heterocycles. The van der Waals surface area contributed by atoms with Crippen LogP contribution in [0.3, 0.4) is 0 Å². The van der Waals surface area contributed by atoms with E-state index >= 15 is 0 Å². The van der Waals surface area contributed by atoms with E-state index in [1.54, 1.807) is 4.68 Å². The predicted octanol–water partition coefficient (Wildman–Crippen LogP) is 4.86. The summed E-state index contributed by atoms with van der Waals surface area (Å²) in [5.74, 6) is -1.46. The first-order valence-electron chi connectivity index (χ1n) is 12.4. The summed E-state index contributed by atoms with van der Waals surface area (Å²) in [7, 11) is 0. The third-order valence-electron chi connectivity index (χ3n) is 6.63. The zero-order chi connectivity index (χ0) is 25.0. The third-order valence-corrected chi connectivity index (χ3v) is 7.18. The Morgan fingerprint density at radius 1 is 1.26 bits per heavy atom. The van der Waals surface area contributed by atoms with Crippen molar-refractivity contribution in [2.24, 2.45) is 5.92 Å². The first-order valence-corrected chi connectivity index (χ1v) is 13.8. The van der Waals surface area contributed by atoms with Gasteiger partial charge >= 0.3 is 0 Å². The van der Waals surface area contributed by atoms with Crippen molar-refractivity contribution in [3.63, 3.8) is 0 Å². The number of carbonyl (C=O) groups excluding carboxylic acids is 2. The van der Waals surface area contributed by atoms with Crippen LogP contribution in [-0.2, 0) is 30.6 Å². The molecule has 2 aromatic rings. The number of halogens is 2. The van der Waals surface area contributed by atoms with Crippen LogP contribution in [0, 0.1) is 5.92 Å². The third kappa shape index (κ3) is 7.29. The molecule has 1 unspecified atom stereocenters. The first-order chi connectivity index (χ1) is 16.7. The number of hydrogen-bond acceptors (Lipinski definition) is 4. The lowest BCUT2D eigenvalue weighted by Gasteiger charge is -2.23. The zero-order valence-corrected chi connectivity index (χ0v) is 21.2. The van der Waals surface area contributed by atoms with Gasteiger partial charge in [-0.05, 0) is 55.9 Å². The Balaban J connectivity index is 1.42. The van der Waals surface area contributed by atoms with Gasteiger partial charge in [0.2, 0.25) is 11.8 Å². The lowest BCUT2D eigenvalue weighted by molar-refractivity contribution is -0.113. The highest BCUT2D eigenvalue weighted by Gasteiger charge is 2.33. The molecule has 1 aliphatic heterocycles. The number of anilines is 1. The van der Waals surface area contributed by atoms with E-state index in [1.807, 2.05) is 30.5 Å². The van der Waals surface area contributed by atoms with E-state index in [1.165, 1.54) is 24.6 Å². The molecule has 1 aromatic carbocycles. The maximum atomic E-state index is 13.2. The highest BCUT2D eigenvalue weighted by Crippen LogP contribution is 2.34. The average Bonchev–Trinajstić information content (AvgIpc) is 3.56. The second-order valence-corrected chi connectivity index (χ2v) is 10.8. The van der Waals surface area contributed by atoms with E-state index in [4.69, 9.17) is 5.10 Å². The van der Waals surface area contributed by atoms with Gasteiger partial charge < -0.3 is 10.6 Å². The van der Waals surface area contributed by atoms with Gasteiger partial charge in [0.15, 0.2) is 0 Å². The Labute approximate surface area is 209 Å². The molecule has 1 saturated carbocycles. The molecule has 0 bridgehead atoms. The van der Waals surface area contributed by atoms with E-state index in [0.29, 0.717) is 42.4 Å². The maximum absolute atomic E-state index is 13.2. The van der Waals surface area contributed by atoms with Crippen molar-refractivity contribution in [1.29, 1.82) is 0 Å². The SMILES string of the molecule is CSCC(=O)Nc1c2c(nn1CCC1CC1)CC(CCc1cccc(CCC(C)(F)F)c1)NC2=O. The molecule has 2 N–H and O–H groups in total. The van der Waals surface area contributed by atoms with Crippen molar-refractivity contribution < 1.29 is 18.4 Å². The molecule has 1 aromatic heterocycles. The summed E-state index contributed by atoms with van der Waals surface area (Å²) in [4.78, 5) is 25.4. The second kappa shape index (κ2) is 11.1. The fraction of sp³-hybridized carbons (Fsp3) is 0.577. The van der Waals surface area contributed by atoms with Gasteiger partial charge in [-0.25, -0.2) is 13.5 Å². The number of rotatable bonds is 12. The molecule has 1 atom stereocenters. The Morgan fingerprint density at radius 2 is 2.00 bits per heavy atom. The number of alkyl halides is 2. The Kier molecular flexibility index (Phi) is 8.14. The fourth-order valence-corrected chi connectivity index (χ4v) is 4.89. The van der Waals surface area contributed by atoms with E-state index in [2.05, 4.69) is 10.6 Å². The normalized spacial score (nSPS) is 17.7. The van der Waals surface area contributed by atoms with Crippen molar-refractivity contribution in [2.75, 3.05) is 17.3 Å². The number of carbonyl (C=O) groups is 2. The maximum Gasteiger partial charge on any atom is 0.257 e. The number of nitrogens with one attached hydrogen (secondary N) is 2. The quantitative estimate of drug-likeness (QED) is 0.433. The van der Waals surface area contributed by atoms with Gasteiger partial charge in [0, 0.05) is 25.4 Å². The van der Waals surface area contributed by atoms with Crippen molar-refractivity contribution in [3.05, 3.63) is 46.6 Å². The van der Waals surface area contributed by atoms with Crippen LogP contribution in [0.5, 0.6) is 0 Å². The standard InChI is InChI=1S/C26H34F2N4O2S/c1-26(27,28)12-10-19-5-3-4-18(14-19)8-9-20-15-21-23(25(34)29-20)24(30-22(33)16-35-2)32(31-21)13-11-17-6-7-17/h3-5,14,17,20H,6-13,15-16H2,1-2H3,(H,29,34)(H,30,33). The Morgan fingerprint density at radius 3 is 2.69 bits per heavy atom. The topological polar surface area (TPSA) is 76.0 Å². The summed E-state index contributed by atoms with van der Waals surface area (Å²) in [6, 6.07) is 7.69. The molecule has 0 radical (unpaired) electrons. The minimum Gasteiger partial charge on any atom is -0.349 e. The summed E-state index contributed by atoms with van der Waals surface area (Å²) < 4.78 is 28.2. The predicted molar refractivity (Wildman–Crippen MR) is 135 cm³/mol. The monoisotopic (exact) mass is 504 g/mol. The van der Waals surface area contributed by atoms with Gasteiger partial charge in [0.05, 0.1) is 11.4 Å². The highest BCUT2D eigenvalue weighted by molar-refractivity contribution is 7.99. The molecule has 9 heteroatoms. The van der Waals surface area contributed by atoms with Gasteiger partial charge in [0.25, 0.3) is 5.91 Å². The van der Waals surface area contributed by atoms with Gasteiger partial charge in [-0.1, -0.05) is 37.1 Å². The number of hydrogen-bond donors (Lipinski definition) is 2. The summed E-state index contributed by atoms with van der Waals surface area (Å²) in [6.07, 6.45) is 7.56. The molecule has 0 saturated heterocycles. The van der Waals surface area contributed by atoms with Crippen molar-refractivity contribution >= 4 is 29.4 Å². The molecular formula is C26H34F2N4O2S. The highest BCUT2D eigenvalue weighted by atomic mass is 32.2. The van der Waals surface area contributed by atoms with Crippen LogP contribution in [0.15, 0.2) is 24.3 Å². The van der Waals surface area contributed by atoms with Crippen LogP contribution >= 0.6 is 11.8 Å². The summed E-state index contributed by atoms with van der Waals surface area (Å²) in [5, 5.41) is 10.8. The van der Waals surface area contributed by atoms with Crippen LogP contribution < -0.4 is 10.6 Å². The fourth-order valence-electron chi connectivity index (χ4n) is 4.55. The first kappa shape index (κ1) is 25.7. The molecule has 4 rings (SSSR count). The van der Waals surface area contributed by atoms with Crippen LogP contribution in [0.1, 0.15) is 66.2 Å². The number of benzene rings is 1. The van der Waals surface area contributed by atoms with Gasteiger partial charge in [-0.3, -0.25) is 9.59 Å². The molecule has 6 nitrogen and oxygen atoms in total. The summed E-state index contributed by atoms with van der Waals surface area (Å²) in [5.41, 5.74) is 3.18. The number of amides is 2. The lowest BCUT2D eigenvalue weighted by Crippen LogP contribution is -2.41. The molecule has 35 heavy (non-hydrogen) atoms. The Bertz CT molecular complexity index is 1060. The molecule has 1 aliphatic carbocycles. The van der Waals surface area contributed by atoms with Crippen LogP contribution in [0.2, 0.25) is 0 Å². The van der Waals surface area contributed by atoms with Crippen LogP contribution in [0.25, 0.3) is 0 Å². The van der Waals surface area contributed by atoms with E-state index in [9.17, 15) is 18.4 Å². The molecule has 2 aliphatic rings. The van der Waals surface area contributed by atoms with E-state index in [0.717, 1.165) is 43.0 Å². The average molecular weight is 505 g/mol. The van der Waals surface area contributed by atoms with Gasteiger partial charge in [0.1, 0.15) is 11.4 Å². The van der Waals surface area contributed by atoms with E-state index < -0.39 is 5.92 Å². The summed E-state index contributed by atoms with van der Waals surface area (Å²) in [6.45, 7) is 1.64. The van der Waals surface area contributed by atoms with Crippen molar-refractivity contribution in [2.45, 2.75) is 76.8 Å². The molecule has 2 amide bonds. The van der Waals surface area contributed by atoms with E-state index in [-0.39, 0.29) is 24.3 Å². The van der Waals surface area contributed by atoms with Gasteiger partial charge in [-0.15, -0.1) is 0 Å². The number of fused-ring (bicyclic) bond motifs is 1. The Hall–Kier alpha value is -2.42. The number of nitrogens with zero attached hydrogens (tertiary/aromatic N) is 2. The second-order valence-electron chi connectivity index (χ2n) is 9.91. The molecule has 0 spiro atoms. The molecule has 190 valence electrons. The number of aryl methyl sites for hydroxylation is 3. The minimum atomic E-state index is -2.67. The smallest absolute Gasteiger partial charge is 0.257 e. The zero-order valence-electron chi connectivity index (χ0n) is 20.4. The van der Waals surface area contributed by atoms with Crippen molar-refractivity contribution in [1.82, 2.24) is 15.1 Å².